The summed E-state index contributed by atoms with van der Waals surface area (Å²) < 4.78 is 0. The Morgan fingerprint density at radius 2 is 0.689 bits per heavy atom. The lowest BCUT2D eigenvalue weighted by Gasteiger charge is -2.29. The summed E-state index contributed by atoms with van der Waals surface area (Å²) in [5.41, 5.74) is 23.6. The van der Waals surface area contributed by atoms with Crippen molar-refractivity contribution in [3.8, 4) is 22.3 Å². The molecule has 0 N–H and O–H groups in total. The van der Waals surface area contributed by atoms with Gasteiger partial charge in [0.2, 0.25) is 0 Å². The fraction of sp³-hybridized carbons (Fsp3) is 0.153. The van der Waals surface area contributed by atoms with Gasteiger partial charge in [-0.3, -0.25) is 0 Å². The smallest absolute Gasteiger partial charge is 0.0466 e. The van der Waals surface area contributed by atoms with Crippen LogP contribution in [0.2, 0.25) is 0 Å². The number of nitrogens with zero attached hydrogens (tertiary/aromatic N) is 2. The summed E-state index contributed by atoms with van der Waals surface area (Å²) in [5.74, 6) is 0. The van der Waals surface area contributed by atoms with E-state index in [0.29, 0.717) is 0 Å². The SMILES string of the molecule is Cc1cccc(N(c2cc(C)cc(C)c2)c2ccc3c(c2)C(C)(C)c2cc(/C=C/c4ccc5c(c4)C(C)(C)c4cc(N(c6ccccc6)c6ccccc6)ccc4-5)ccc2-3)c1. The highest BCUT2D eigenvalue weighted by molar-refractivity contribution is 5.89. The quantitative estimate of drug-likeness (QED) is 0.142. The highest BCUT2D eigenvalue weighted by Crippen LogP contribution is 2.53. The summed E-state index contributed by atoms with van der Waals surface area (Å²) in [6.07, 6.45) is 4.58. The van der Waals surface area contributed by atoms with Gasteiger partial charge in [-0.15, -0.1) is 0 Å². The molecule has 61 heavy (non-hydrogen) atoms. The molecule has 0 unspecified atom stereocenters. The van der Waals surface area contributed by atoms with Crippen LogP contribution in [0.15, 0.2) is 176 Å². The number of hydrogen-bond donors (Lipinski definition) is 0. The zero-order valence-electron chi connectivity index (χ0n) is 36.3. The summed E-state index contributed by atoms with van der Waals surface area (Å²) >= 11 is 0. The molecule has 0 bridgehead atoms. The molecule has 0 aromatic heterocycles. The molecule has 10 rings (SSSR count). The van der Waals surface area contributed by atoms with Crippen LogP contribution in [0.3, 0.4) is 0 Å². The minimum atomic E-state index is -0.163. The summed E-state index contributed by atoms with van der Waals surface area (Å²) in [7, 11) is 0. The van der Waals surface area contributed by atoms with Crippen LogP contribution in [0, 0.1) is 20.8 Å². The van der Waals surface area contributed by atoms with Crippen LogP contribution in [0.25, 0.3) is 34.4 Å². The van der Waals surface area contributed by atoms with Crippen LogP contribution in [-0.2, 0) is 10.8 Å². The maximum atomic E-state index is 2.43. The maximum Gasteiger partial charge on any atom is 0.0466 e. The molecule has 0 saturated carbocycles. The lowest BCUT2D eigenvalue weighted by Crippen LogP contribution is -2.17. The molecule has 0 atom stereocenters. The molecule has 0 saturated heterocycles. The van der Waals surface area contributed by atoms with Crippen molar-refractivity contribution in [1.29, 1.82) is 0 Å². The third-order valence-corrected chi connectivity index (χ3v) is 13.1. The van der Waals surface area contributed by atoms with E-state index in [-0.39, 0.29) is 10.8 Å². The highest BCUT2D eigenvalue weighted by Gasteiger charge is 2.37. The fourth-order valence-corrected chi connectivity index (χ4v) is 10.1. The average Bonchev–Trinajstić information content (AvgIpc) is 3.61. The van der Waals surface area contributed by atoms with Gasteiger partial charge in [0.05, 0.1) is 0 Å². The van der Waals surface area contributed by atoms with Crippen LogP contribution >= 0.6 is 0 Å². The van der Waals surface area contributed by atoms with E-state index in [4.69, 9.17) is 0 Å². The molecule has 2 aliphatic rings. The van der Waals surface area contributed by atoms with E-state index in [9.17, 15) is 0 Å². The fourth-order valence-electron chi connectivity index (χ4n) is 10.1. The number of benzene rings is 8. The molecule has 2 nitrogen and oxygen atoms in total. The van der Waals surface area contributed by atoms with Crippen molar-refractivity contribution in [2.75, 3.05) is 9.80 Å². The molecule has 2 aliphatic carbocycles. The number of rotatable bonds is 8. The van der Waals surface area contributed by atoms with Crippen molar-refractivity contribution in [2.45, 2.75) is 59.3 Å². The molecule has 0 aliphatic heterocycles. The van der Waals surface area contributed by atoms with Gasteiger partial charge in [-0.05, 0) is 166 Å². The summed E-state index contributed by atoms with van der Waals surface area (Å²) in [6.45, 7) is 16.1. The monoisotopic (exact) mass is 788 g/mol. The Balaban J connectivity index is 0.947. The molecule has 0 fully saturated rings. The van der Waals surface area contributed by atoms with E-state index >= 15 is 0 Å². The van der Waals surface area contributed by atoms with Crippen molar-refractivity contribution in [1.82, 2.24) is 0 Å². The van der Waals surface area contributed by atoms with Crippen LogP contribution in [0.5, 0.6) is 0 Å². The second-order valence-electron chi connectivity index (χ2n) is 18.2. The number of aryl methyl sites for hydroxylation is 3. The maximum absolute atomic E-state index is 2.43. The molecule has 0 radical (unpaired) electrons. The first kappa shape index (κ1) is 38.3. The Kier molecular flexibility index (Phi) is 9.22. The topological polar surface area (TPSA) is 6.48 Å². The van der Waals surface area contributed by atoms with E-state index in [0.717, 1.165) is 11.4 Å². The molecule has 0 spiro atoms. The molecular weight excluding hydrogens is 737 g/mol. The molecule has 0 heterocycles. The molecule has 2 heteroatoms. The summed E-state index contributed by atoms with van der Waals surface area (Å²) in [6, 6.07) is 65.1. The second kappa shape index (κ2) is 14.7. The number of fused-ring (bicyclic) bond motifs is 6. The van der Waals surface area contributed by atoms with Gasteiger partial charge in [0.15, 0.2) is 0 Å². The summed E-state index contributed by atoms with van der Waals surface area (Å²) in [4.78, 5) is 4.77. The standard InChI is InChI=1S/C59H52N2/c1-39-15-14-20-46(32-39)61(49-33-40(2)31-41(3)34-49)48-26-30-53-51-28-24-43(36-55(51)59(6,7)57(53)38-48)22-21-42-23-27-50-52-29-25-47(37-56(52)58(4,5)54(50)35-42)60(44-16-10-8-11-17-44)45-18-12-9-13-19-45/h8-38H,1-7H3/b22-21+. The number of para-hydroxylation sites is 2. The molecule has 298 valence electrons. The minimum absolute atomic E-state index is 0.154. The van der Waals surface area contributed by atoms with Crippen molar-refractivity contribution < 1.29 is 0 Å². The van der Waals surface area contributed by atoms with E-state index in [1.807, 2.05) is 0 Å². The molecule has 8 aromatic rings. The van der Waals surface area contributed by atoms with Crippen LogP contribution in [-0.4, -0.2) is 0 Å². The van der Waals surface area contributed by atoms with Crippen LogP contribution in [0.4, 0.5) is 34.1 Å². The van der Waals surface area contributed by atoms with Crippen molar-refractivity contribution in [3.05, 3.63) is 226 Å². The zero-order valence-corrected chi connectivity index (χ0v) is 36.3. The summed E-state index contributed by atoms with van der Waals surface area (Å²) in [5, 5.41) is 0. The van der Waals surface area contributed by atoms with Gasteiger partial charge in [-0.1, -0.05) is 143 Å². The Hall–Kier alpha value is -6.90. The predicted molar refractivity (Wildman–Crippen MR) is 261 cm³/mol. The third-order valence-electron chi connectivity index (χ3n) is 13.1. The van der Waals surface area contributed by atoms with Gasteiger partial charge in [-0.2, -0.15) is 0 Å². The van der Waals surface area contributed by atoms with E-state index in [2.05, 4.69) is 246 Å². The predicted octanol–water partition coefficient (Wildman–Crippen LogP) is 16.3. The first-order valence-electron chi connectivity index (χ1n) is 21.6. The lowest BCUT2D eigenvalue weighted by atomic mass is 9.81. The van der Waals surface area contributed by atoms with Gasteiger partial charge < -0.3 is 9.80 Å². The molecule has 8 aromatic carbocycles. The Labute approximate surface area is 362 Å². The van der Waals surface area contributed by atoms with Gasteiger partial charge in [0.25, 0.3) is 0 Å². The van der Waals surface area contributed by atoms with E-state index in [1.54, 1.807) is 0 Å². The van der Waals surface area contributed by atoms with Crippen LogP contribution in [0.1, 0.15) is 77.8 Å². The second-order valence-corrected chi connectivity index (χ2v) is 18.2. The molecule has 0 amide bonds. The van der Waals surface area contributed by atoms with E-state index in [1.165, 1.54) is 95.1 Å². The van der Waals surface area contributed by atoms with Crippen molar-refractivity contribution in [3.63, 3.8) is 0 Å². The Morgan fingerprint density at radius 1 is 0.311 bits per heavy atom. The van der Waals surface area contributed by atoms with Gasteiger partial charge in [0, 0.05) is 45.0 Å². The normalized spacial score (nSPS) is 14.0. The van der Waals surface area contributed by atoms with Crippen LogP contribution < -0.4 is 9.80 Å². The third kappa shape index (κ3) is 6.68. The largest absolute Gasteiger partial charge is 0.310 e. The Morgan fingerprint density at radius 3 is 1.15 bits per heavy atom. The van der Waals surface area contributed by atoms with Crippen molar-refractivity contribution in [2.24, 2.45) is 0 Å². The zero-order chi connectivity index (χ0) is 42.0. The average molecular weight is 789 g/mol. The van der Waals surface area contributed by atoms with Gasteiger partial charge >= 0.3 is 0 Å². The molecular formula is C59H52N2. The first-order chi connectivity index (χ1) is 29.5. The van der Waals surface area contributed by atoms with Gasteiger partial charge in [-0.25, -0.2) is 0 Å². The van der Waals surface area contributed by atoms with Crippen molar-refractivity contribution >= 4 is 46.3 Å². The minimum Gasteiger partial charge on any atom is -0.310 e. The highest BCUT2D eigenvalue weighted by atomic mass is 15.1. The Bertz CT molecular complexity index is 2950. The number of hydrogen-bond acceptors (Lipinski definition) is 2. The van der Waals surface area contributed by atoms with E-state index < -0.39 is 0 Å². The van der Waals surface area contributed by atoms with Gasteiger partial charge in [0.1, 0.15) is 0 Å². The lowest BCUT2D eigenvalue weighted by molar-refractivity contribution is 0.660. The first-order valence-corrected chi connectivity index (χ1v) is 21.6. The number of anilines is 6.